The van der Waals surface area contributed by atoms with Crippen molar-refractivity contribution in [3.05, 3.63) is 40.3 Å². The van der Waals surface area contributed by atoms with E-state index in [1.165, 1.54) is 6.20 Å². The lowest BCUT2D eigenvalue weighted by molar-refractivity contribution is -0.385. The Balaban J connectivity index is 1.68. The molecular formula is C16H21N7O2. The third kappa shape index (κ3) is 3.76. The van der Waals surface area contributed by atoms with E-state index in [1.807, 2.05) is 13.1 Å². The highest BCUT2D eigenvalue weighted by molar-refractivity contribution is 5.51. The average Bonchev–Trinajstić information content (AvgIpc) is 3.08. The number of hydrogen-bond acceptors (Lipinski definition) is 8. The Bertz CT molecular complexity index is 768. The zero-order valence-corrected chi connectivity index (χ0v) is 14.3. The van der Waals surface area contributed by atoms with Gasteiger partial charge in [0.25, 0.3) is 5.69 Å². The highest BCUT2D eigenvalue weighted by Gasteiger charge is 2.26. The van der Waals surface area contributed by atoms with Gasteiger partial charge in [-0.15, -0.1) is 0 Å². The van der Waals surface area contributed by atoms with Gasteiger partial charge in [0, 0.05) is 37.8 Å². The van der Waals surface area contributed by atoms with Crippen LogP contribution in [0, 0.1) is 17.0 Å². The molecule has 9 nitrogen and oxygen atoms in total. The van der Waals surface area contributed by atoms with Crippen LogP contribution in [-0.4, -0.2) is 46.1 Å². The number of pyridine rings is 1. The molecule has 1 atom stereocenters. The Hall–Kier alpha value is -2.97. The molecule has 1 aliphatic heterocycles. The summed E-state index contributed by atoms with van der Waals surface area (Å²) in [6, 6.07) is 3.94. The Morgan fingerprint density at radius 3 is 2.88 bits per heavy atom. The van der Waals surface area contributed by atoms with E-state index < -0.39 is 4.92 Å². The van der Waals surface area contributed by atoms with E-state index in [-0.39, 0.29) is 11.7 Å². The van der Waals surface area contributed by atoms with Crippen LogP contribution in [0.1, 0.15) is 18.4 Å². The first-order chi connectivity index (χ1) is 12.1. The van der Waals surface area contributed by atoms with Gasteiger partial charge in [-0.2, -0.15) is 0 Å². The third-order valence-electron chi connectivity index (χ3n) is 4.38. The van der Waals surface area contributed by atoms with Crippen LogP contribution < -0.4 is 15.5 Å². The first-order valence-corrected chi connectivity index (χ1v) is 8.20. The zero-order valence-electron chi connectivity index (χ0n) is 14.3. The molecule has 2 N–H and O–H groups in total. The molecule has 0 radical (unpaired) electrons. The monoisotopic (exact) mass is 343 g/mol. The van der Waals surface area contributed by atoms with E-state index in [2.05, 4.69) is 30.5 Å². The number of aromatic nitrogens is 3. The SMILES string of the molecule is CNc1cc(N2CCCC2CNc2cc(C)c([N+](=O)[O-])cn2)ncn1. The molecule has 0 aliphatic carbocycles. The number of hydrogen-bond donors (Lipinski definition) is 2. The Morgan fingerprint density at radius 2 is 2.16 bits per heavy atom. The molecule has 1 unspecified atom stereocenters. The first kappa shape index (κ1) is 16.9. The van der Waals surface area contributed by atoms with Crippen molar-refractivity contribution >= 4 is 23.1 Å². The number of anilines is 3. The summed E-state index contributed by atoms with van der Waals surface area (Å²) in [6.45, 7) is 3.36. The van der Waals surface area contributed by atoms with Crippen molar-refractivity contribution in [2.45, 2.75) is 25.8 Å². The Morgan fingerprint density at radius 1 is 1.32 bits per heavy atom. The van der Waals surface area contributed by atoms with Gasteiger partial charge in [0.05, 0.1) is 4.92 Å². The molecule has 3 rings (SSSR count). The lowest BCUT2D eigenvalue weighted by Gasteiger charge is -2.26. The van der Waals surface area contributed by atoms with Crippen LogP contribution in [0.3, 0.4) is 0 Å². The number of nitrogens with one attached hydrogen (secondary N) is 2. The highest BCUT2D eigenvalue weighted by atomic mass is 16.6. The highest BCUT2D eigenvalue weighted by Crippen LogP contribution is 2.25. The van der Waals surface area contributed by atoms with Crippen molar-refractivity contribution in [1.82, 2.24) is 15.0 Å². The number of nitrogens with zero attached hydrogens (tertiary/aromatic N) is 5. The first-order valence-electron chi connectivity index (χ1n) is 8.20. The molecule has 2 aromatic rings. The maximum atomic E-state index is 10.9. The molecule has 25 heavy (non-hydrogen) atoms. The van der Waals surface area contributed by atoms with Crippen molar-refractivity contribution in [2.24, 2.45) is 0 Å². The van der Waals surface area contributed by atoms with Crippen molar-refractivity contribution in [3.8, 4) is 0 Å². The summed E-state index contributed by atoms with van der Waals surface area (Å²) in [5, 5.41) is 17.2. The van der Waals surface area contributed by atoms with Gasteiger partial charge in [-0.05, 0) is 25.8 Å². The molecular weight excluding hydrogens is 322 g/mol. The maximum Gasteiger partial charge on any atom is 0.290 e. The van der Waals surface area contributed by atoms with Crippen LogP contribution in [0.2, 0.25) is 0 Å². The normalized spacial score (nSPS) is 16.7. The summed E-state index contributed by atoms with van der Waals surface area (Å²) >= 11 is 0. The minimum Gasteiger partial charge on any atom is -0.373 e. The van der Waals surface area contributed by atoms with E-state index >= 15 is 0 Å². The van der Waals surface area contributed by atoms with Crippen molar-refractivity contribution in [1.29, 1.82) is 0 Å². The van der Waals surface area contributed by atoms with Gasteiger partial charge in [0.1, 0.15) is 30.0 Å². The molecule has 1 fully saturated rings. The van der Waals surface area contributed by atoms with E-state index in [4.69, 9.17) is 0 Å². The van der Waals surface area contributed by atoms with Gasteiger partial charge in [-0.25, -0.2) is 15.0 Å². The largest absolute Gasteiger partial charge is 0.373 e. The lowest BCUT2D eigenvalue weighted by atomic mass is 10.2. The number of rotatable bonds is 6. The summed E-state index contributed by atoms with van der Waals surface area (Å²) in [5.74, 6) is 2.33. The molecule has 0 amide bonds. The fraction of sp³-hybridized carbons (Fsp3) is 0.438. The third-order valence-corrected chi connectivity index (χ3v) is 4.38. The molecule has 1 saturated heterocycles. The molecule has 1 aliphatic rings. The van der Waals surface area contributed by atoms with Crippen LogP contribution in [0.15, 0.2) is 24.7 Å². The van der Waals surface area contributed by atoms with Gasteiger partial charge < -0.3 is 15.5 Å². The fourth-order valence-corrected chi connectivity index (χ4v) is 3.05. The number of aryl methyl sites for hydroxylation is 1. The standard InChI is InChI=1S/C16H21N7O2/c1-11-6-15(19-9-13(11)23(24)25)18-8-12-4-3-5-22(12)16-7-14(17-2)20-10-21-16/h6-7,9-10,12H,3-5,8H2,1-2H3,(H,18,19)(H,17,20,21). The van der Waals surface area contributed by atoms with Gasteiger partial charge in [-0.3, -0.25) is 10.1 Å². The van der Waals surface area contributed by atoms with Gasteiger partial charge in [0.2, 0.25) is 0 Å². The van der Waals surface area contributed by atoms with Crippen molar-refractivity contribution < 1.29 is 4.92 Å². The molecule has 3 heterocycles. The van der Waals surface area contributed by atoms with Crippen LogP contribution in [0.4, 0.5) is 23.1 Å². The number of nitro groups is 1. The van der Waals surface area contributed by atoms with Gasteiger partial charge >= 0.3 is 0 Å². The van der Waals surface area contributed by atoms with Crippen molar-refractivity contribution in [2.75, 3.05) is 35.7 Å². The van der Waals surface area contributed by atoms with Crippen LogP contribution >= 0.6 is 0 Å². The molecule has 132 valence electrons. The van der Waals surface area contributed by atoms with Crippen LogP contribution in [-0.2, 0) is 0 Å². The molecule has 2 aromatic heterocycles. The Labute approximate surface area is 145 Å². The molecule has 0 bridgehead atoms. The van der Waals surface area contributed by atoms with Crippen LogP contribution in [0.25, 0.3) is 0 Å². The predicted molar refractivity (Wildman–Crippen MR) is 96.1 cm³/mol. The zero-order chi connectivity index (χ0) is 17.8. The minimum absolute atomic E-state index is 0.0358. The summed E-state index contributed by atoms with van der Waals surface area (Å²) < 4.78 is 0. The summed E-state index contributed by atoms with van der Waals surface area (Å²) in [7, 11) is 1.83. The quantitative estimate of drug-likeness (QED) is 0.607. The van der Waals surface area contributed by atoms with E-state index in [1.54, 1.807) is 19.3 Å². The van der Waals surface area contributed by atoms with E-state index in [0.717, 1.165) is 31.0 Å². The molecule has 0 spiro atoms. The lowest BCUT2D eigenvalue weighted by Crippen LogP contribution is -2.35. The van der Waals surface area contributed by atoms with Gasteiger partial charge in [-0.1, -0.05) is 0 Å². The second-order valence-electron chi connectivity index (χ2n) is 5.99. The maximum absolute atomic E-state index is 10.9. The Kier molecular flexibility index (Phi) is 4.92. The minimum atomic E-state index is -0.417. The second-order valence-corrected chi connectivity index (χ2v) is 5.99. The van der Waals surface area contributed by atoms with E-state index in [9.17, 15) is 10.1 Å². The average molecular weight is 343 g/mol. The molecule has 0 aromatic carbocycles. The molecule has 9 heteroatoms. The van der Waals surface area contributed by atoms with Crippen LogP contribution in [0.5, 0.6) is 0 Å². The summed E-state index contributed by atoms with van der Waals surface area (Å²) in [4.78, 5) is 25.4. The summed E-state index contributed by atoms with van der Waals surface area (Å²) in [5.41, 5.74) is 0.633. The topological polar surface area (TPSA) is 109 Å². The molecule has 0 saturated carbocycles. The van der Waals surface area contributed by atoms with Crippen molar-refractivity contribution in [3.63, 3.8) is 0 Å². The van der Waals surface area contributed by atoms with E-state index in [0.29, 0.717) is 17.9 Å². The summed E-state index contributed by atoms with van der Waals surface area (Å²) in [6.07, 6.45) is 5.01. The van der Waals surface area contributed by atoms with Gasteiger partial charge in [0.15, 0.2) is 0 Å². The smallest absolute Gasteiger partial charge is 0.290 e. The second kappa shape index (κ2) is 7.29. The predicted octanol–water partition coefficient (Wildman–Crippen LogP) is 2.21. The fourth-order valence-electron chi connectivity index (χ4n) is 3.05.